The Labute approximate surface area is 204 Å². The fourth-order valence-electron chi connectivity index (χ4n) is 5.98. The minimum atomic E-state index is -0.259. The maximum Gasteiger partial charge on any atom is 0.270 e. The van der Waals surface area contributed by atoms with Crippen LogP contribution in [-0.4, -0.2) is 77.6 Å². The van der Waals surface area contributed by atoms with Crippen molar-refractivity contribution >= 4 is 34.3 Å². The van der Waals surface area contributed by atoms with Crippen LogP contribution in [-0.2, 0) is 5.54 Å². The minimum Gasteiger partial charge on any atom is -0.367 e. The molecule has 7 rings (SSSR count). The Bertz CT molecular complexity index is 1300. The van der Waals surface area contributed by atoms with Crippen LogP contribution in [0.3, 0.4) is 0 Å². The molecule has 2 bridgehead atoms. The van der Waals surface area contributed by atoms with E-state index < -0.39 is 0 Å². The van der Waals surface area contributed by atoms with E-state index in [1.54, 1.807) is 25.2 Å². The van der Waals surface area contributed by atoms with Gasteiger partial charge < -0.3 is 24.6 Å². The number of benzene rings is 1. The van der Waals surface area contributed by atoms with Crippen LogP contribution < -0.4 is 10.2 Å². The van der Waals surface area contributed by atoms with Gasteiger partial charge in [0.2, 0.25) is 5.95 Å². The molecule has 35 heavy (non-hydrogen) atoms. The number of amides is 1. The van der Waals surface area contributed by atoms with Crippen molar-refractivity contribution in [1.82, 2.24) is 24.3 Å². The van der Waals surface area contributed by atoms with Crippen LogP contribution >= 0.6 is 0 Å². The quantitative estimate of drug-likeness (QED) is 0.607. The number of halogens is 1. The first kappa shape index (κ1) is 22.3. The molecule has 184 valence electrons. The van der Waals surface area contributed by atoms with Crippen molar-refractivity contribution in [3.05, 3.63) is 42.0 Å². The Kier molecular flexibility index (Phi) is 5.03. The Morgan fingerprint density at radius 2 is 1.91 bits per heavy atom. The molecule has 0 unspecified atom stereocenters. The van der Waals surface area contributed by atoms with Crippen molar-refractivity contribution in [3.63, 3.8) is 0 Å². The highest BCUT2D eigenvalue weighted by molar-refractivity contribution is 5.98. The van der Waals surface area contributed by atoms with Crippen LogP contribution in [0, 0.1) is 17.7 Å². The second-order valence-electron chi connectivity index (χ2n) is 10.7. The van der Waals surface area contributed by atoms with Crippen LogP contribution in [0.15, 0.2) is 30.5 Å². The molecule has 3 heterocycles. The topological polar surface area (TPSA) is 69.5 Å². The number of nitrogens with one attached hydrogen (secondary N) is 1. The van der Waals surface area contributed by atoms with Gasteiger partial charge in [0.05, 0.1) is 11.2 Å². The number of hydrogen-bond donors (Lipinski definition) is 1. The lowest BCUT2D eigenvalue weighted by atomic mass is 9.42. The second kappa shape index (κ2) is 7.91. The van der Waals surface area contributed by atoms with Gasteiger partial charge in [0.15, 0.2) is 0 Å². The van der Waals surface area contributed by atoms with Crippen LogP contribution in [0.2, 0.25) is 0 Å². The van der Waals surface area contributed by atoms with Gasteiger partial charge in [-0.25, -0.2) is 9.37 Å². The van der Waals surface area contributed by atoms with E-state index in [2.05, 4.69) is 38.6 Å². The van der Waals surface area contributed by atoms with Gasteiger partial charge in [-0.3, -0.25) is 4.79 Å². The summed E-state index contributed by atoms with van der Waals surface area (Å²) in [5, 5.41) is 4.02. The van der Waals surface area contributed by atoms with E-state index in [1.807, 2.05) is 18.2 Å². The van der Waals surface area contributed by atoms with Crippen molar-refractivity contribution in [2.24, 2.45) is 11.8 Å². The Hall–Kier alpha value is -3.20. The third-order valence-corrected chi connectivity index (χ3v) is 8.45. The van der Waals surface area contributed by atoms with Gasteiger partial charge in [-0.2, -0.15) is 4.98 Å². The summed E-state index contributed by atoms with van der Waals surface area (Å²) < 4.78 is 17.1. The predicted molar refractivity (Wildman–Crippen MR) is 135 cm³/mol. The van der Waals surface area contributed by atoms with Crippen molar-refractivity contribution in [2.45, 2.75) is 25.3 Å². The first-order chi connectivity index (χ1) is 16.8. The van der Waals surface area contributed by atoms with E-state index in [1.165, 1.54) is 6.07 Å². The number of fused-ring (bicyclic) bond motifs is 1. The SMILES string of the molecule is C[C@@H]1C2CC1(n1c(C(=O)N(C)C)cc3cnc(Nc4ccc(N5CCN(C)CC5)c(F)c4)nc31)C2. The summed E-state index contributed by atoms with van der Waals surface area (Å²) in [6.45, 7) is 5.73. The maximum absolute atomic E-state index is 15.0. The average molecular weight is 478 g/mol. The monoisotopic (exact) mass is 477 g/mol. The van der Waals surface area contributed by atoms with Crippen molar-refractivity contribution < 1.29 is 9.18 Å². The first-order valence-electron chi connectivity index (χ1n) is 12.4. The largest absolute Gasteiger partial charge is 0.367 e. The molecule has 3 aliphatic carbocycles. The number of aromatic nitrogens is 3. The van der Waals surface area contributed by atoms with Crippen molar-refractivity contribution in [2.75, 3.05) is 57.5 Å². The highest BCUT2D eigenvalue weighted by Crippen LogP contribution is 2.67. The van der Waals surface area contributed by atoms with Crippen LogP contribution in [0.1, 0.15) is 30.3 Å². The summed E-state index contributed by atoms with van der Waals surface area (Å²) >= 11 is 0. The number of hydrogen-bond acceptors (Lipinski definition) is 6. The zero-order valence-electron chi connectivity index (χ0n) is 20.8. The zero-order chi connectivity index (χ0) is 24.5. The third kappa shape index (κ3) is 3.39. The lowest BCUT2D eigenvalue weighted by Gasteiger charge is -2.68. The third-order valence-electron chi connectivity index (χ3n) is 8.45. The molecule has 1 N–H and O–H groups in total. The standard InChI is InChI=1S/C26H32FN7O/c1-16-18-13-26(16,14-18)34-22(24(35)31(2)3)11-17-15-28-25(30-23(17)34)29-19-5-6-21(20(27)12-19)33-9-7-32(4)8-10-33/h5-6,11-12,15-16,18H,7-10,13-14H2,1-4H3,(H,28,29,30)/t16-,18?,26?/m1/s1. The average Bonchev–Trinajstić information content (AvgIpc) is 3.17. The van der Waals surface area contributed by atoms with Crippen LogP contribution in [0.4, 0.5) is 21.7 Å². The van der Waals surface area contributed by atoms with Crippen LogP contribution in [0.25, 0.3) is 11.0 Å². The Morgan fingerprint density at radius 3 is 2.51 bits per heavy atom. The van der Waals surface area contributed by atoms with E-state index in [4.69, 9.17) is 4.98 Å². The smallest absolute Gasteiger partial charge is 0.270 e. The summed E-state index contributed by atoms with van der Waals surface area (Å²) in [7, 11) is 5.63. The highest BCUT2D eigenvalue weighted by Gasteiger charge is 2.65. The summed E-state index contributed by atoms with van der Waals surface area (Å²) in [5.74, 6) is 1.36. The van der Waals surface area contributed by atoms with Gasteiger partial charge in [0.25, 0.3) is 5.91 Å². The molecule has 2 aromatic heterocycles. The molecular formula is C26H32FN7O. The summed E-state index contributed by atoms with van der Waals surface area (Å²) in [6.07, 6.45) is 3.91. The van der Waals surface area contributed by atoms with Gasteiger partial charge in [-0.1, -0.05) is 6.92 Å². The minimum absolute atomic E-state index is 0.0315. The lowest BCUT2D eigenvalue weighted by Crippen LogP contribution is -2.67. The van der Waals surface area contributed by atoms with Gasteiger partial charge in [0, 0.05) is 57.5 Å². The molecule has 0 spiro atoms. The predicted octanol–water partition coefficient (Wildman–Crippen LogP) is 3.52. The fourth-order valence-corrected chi connectivity index (χ4v) is 5.98. The van der Waals surface area contributed by atoms with Crippen molar-refractivity contribution in [3.8, 4) is 0 Å². The molecule has 9 heteroatoms. The van der Waals surface area contributed by atoms with Crippen LogP contribution in [0.5, 0.6) is 0 Å². The number of likely N-dealkylation sites (N-methyl/N-ethyl adjacent to an activating group) is 1. The number of carbonyl (C=O) groups is 1. The van der Waals surface area contributed by atoms with Gasteiger partial charge in [-0.05, 0) is 56.0 Å². The number of piperazine rings is 1. The second-order valence-corrected chi connectivity index (χ2v) is 10.7. The molecule has 1 saturated heterocycles. The maximum atomic E-state index is 15.0. The molecule has 3 saturated carbocycles. The molecule has 1 amide bonds. The first-order valence-corrected chi connectivity index (χ1v) is 12.4. The molecule has 1 aromatic carbocycles. The van der Waals surface area contributed by atoms with Crippen molar-refractivity contribution in [1.29, 1.82) is 0 Å². The molecule has 8 nitrogen and oxygen atoms in total. The number of carbonyl (C=O) groups excluding carboxylic acids is 1. The summed E-state index contributed by atoms with van der Waals surface area (Å²) in [5.41, 5.74) is 2.59. The fraction of sp³-hybridized carbons (Fsp3) is 0.500. The number of nitrogens with zero attached hydrogens (tertiary/aromatic N) is 6. The molecule has 3 aromatic rings. The highest BCUT2D eigenvalue weighted by atomic mass is 19.1. The van der Waals surface area contributed by atoms with Gasteiger partial charge >= 0.3 is 0 Å². The molecule has 4 aliphatic rings. The number of rotatable bonds is 5. The summed E-state index contributed by atoms with van der Waals surface area (Å²) in [6, 6.07) is 7.10. The molecule has 1 atom stereocenters. The normalized spacial score (nSPS) is 25.8. The Balaban J connectivity index is 1.32. The number of anilines is 3. The molecule has 0 radical (unpaired) electrons. The van der Waals surface area contributed by atoms with Gasteiger partial charge in [0.1, 0.15) is 17.2 Å². The van der Waals surface area contributed by atoms with Gasteiger partial charge in [-0.15, -0.1) is 0 Å². The molecule has 4 fully saturated rings. The van der Waals surface area contributed by atoms with E-state index >= 15 is 0 Å². The van der Waals surface area contributed by atoms with E-state index in [9.17, 15) is 9.18 Å². The molecular weight excluding hydrogens is 445 g/mol. The summed E-state index contributed by atoms with van der Waals surface area (Å²) in [4.78, 5) is 28.3. The van der Waals surface area contributed by atoms with E-state index in [-0.39, 0.29) is 17.3 Å². The Morgan fingerprint density at radius 1 is 1.17 bits per heavy atom. The van der Waals surface area contributed by atoms with E-state index in [0.717, 1.165) is 56.0 Å². The zero-order valence-corrected chi connectivity index (χ0v) is 20.8. The lowest BCUT2D eigenvalue weighted by molar-refractivity contribution is -0.160. The molecule has 1 aliphatic heterocycles. The van der Waals surface area contributed by atoms with E-state index in [0.29, 0.717) is 28.9 Å².